The summed E-state index contributed by atoms with van der Waals surface area (Å²) in [5.74, 6) is 0.0225. The van der Waals surface area contributed by atoms with Crippen molar-refractivity contribution in [2.75, 3.05) is 22.6 Å². The van der Waals surface area contributed by atoms with E-state index in [1.54, 1.807) is 16.7 Å². The molecule has 0 radical (unpaired) electrons. The van der Waals surface area contributed by atoms with Gasteiger partial charge in [-0.25, -0.2) is 13.2 Å². The Morgan fingerprint density at radius 2 is 2.06 bits per heavy atom. The van der Waals surface area contributed by atoms with Crippen molar-refractivity contribution in [2.45, 2.75) is 37.9 Å². The number of anilines is 1. The topological polar surface area (TPSA) is 123 Å². The number of benzene rings is 1. The number of amides is 3. The number of hydrogen-bond donors (Lipinski definition) is 2. The third-order valence-corrected chi connectivity index (χ3v) is 7.74. The van der Waals surface area contributed by atoms with Crippen molar-refractivity contribution in [3.63, 3.8) is 0 Å². The highest BCUT2D eigenvalue weighted by molar-refractivity contribution is 7.99. The molecule has 1 saturated heterocycles. The highest BCUT2D eigenvalue weighted by Crippen LogP contribution is 2.30. The molecule has 1 aliphatic heterocycles. The number of allylic oxidation sites excluding steroid dienone is 1. The molecule has 0 aliphatic carbocycles. The summed E-state index contributed by atoms with van der Waals surface area (Å²) >= 11 is 1.13. The Hall–Kier alpha value is -2.66. The zero-order valence-corrected chi connectivity index (χ0v) is 19.1. The number of carbonyl (C=O) groups is 2. The van der Waals surface area contributed by atoms with Gasteiger partial charge >= 0.3 is 6.03 Å². The summed E-state index contributed by atoms with van der Waals surface area (Å²) in [6.45, 7) is 8.04. The number of carbonyl (C=O) groups excluding carboxylic acids is 2. The van der Waals surface area contributed by atoms with Gasteiger partial charge in [0.1, 0.15) is 5.82 Å². The van der Waals surface area contributed by atoms with E-state index in [0.29, 0.717) is 29.6 Å². The van der Waals surface area contributed by atoms with Crippen LogP contribution in [0.1, 0.15) is 29.3 Å². The Bertz CT molecular complexity index is 1110. The van der Waals surface area contributed by atoms with Crippen LogP contribution in [0, 0.1) is 13.8 Å². The largest absolute Gasteiger partial charge is 0.325 e. The quantitative estimate of drug-likeness (QED) is 0.477. The van der Waals surface area contributed by atoms with Crippen molar-refractivity contribution in [3.8, 4) is 0 Å². The first-order valence-electron chi connectivity index (χ1n) is 9.74. The number of nitrogens with zero attached hydrogens (tertiary/aromatic N) is 3. The number of nitrogens with one attached hydrogen (secondary N) is 2. The van der Waals surface area contributed by atoms with Crippen LogP contribution in [-0.2, 0) is 21.2 Å². The van der Waals surface area contributed by atoms with Crippen molar-refractivity contribution in [2.24, 2.45) is 0 Å². The minimum absolute atomic E-state index is 0.0431. The zero-order valence-electron chi connectivity index (χ0n) is 17.4. The van der Waals surface area contributed by atoms with Gasteiger partial charge in [-0.1, -0.05) is 23.9 Å². The smallest absolute Gasteiger partial charge is 0.308 e. The van der Waals surface area contributed by atoms with E-state index in [4.69, 9.17) is 0 Å². The number of aromatic nitrogens is 3. The molecule has 2 aromatic rings. The first kappa shape index (κ1) is 23.0. The van der Waals surface area contributed by atoms with Crippen LogP contribution in [0.5, 0.6) is 0 Å². The molecule has 0 spiro atoms. The second-order valence-corrected chi connectivity index (χ2v) is 10.6. The van der Waals surface area contributed by atoms with E-state index >= 15 is 0 Å². The normalized spacial score (nSPS) is 17.3. The number of urea groups is 1. The minimum Gasteiger partial charge on any atom is -0.308 e. The van der Waals surface area contributed by atoms with Gasteiger partial charge in [0.25, 0.3) is 0 Å². The molecule has 3 rings (SSSR count). The number of hydrogen-bond acceptors (Lipinski definition) is 7. The summed E-state index contributed by atoms with van der Waals surface area (Å²) in [6.07, 6.45) is 2.17. The molecule has 1 aromatic carbocycles. The van der Waals surface area contributed by atoms with E-state index in [1.807, 2.05) is 26.0 Å². The SMILES string of the molecule is C=CCn1c(SCC(=O)NC(=O)Nc2ccc(C)c(C)c2)nnc1C1CCS(=O)(=O)C1. The van der Waals surface area contributed by atoms with Crippen molar-refractivity contribution < 1.29 is 18.0 Å². The molecule has 2 heterocycles. The molecule has 166 valence electrons. The highest BCUT2D eigenvalue weighted by Gasteiger charge is 2.33. The Labute approximate surface area is 185 Å². The van der Waals surface area contributed by atoms with Crippen molar-refractivity contribution in [1.82, 2.24) is 20.1 Å². The fourth-order valence-corrected chi connectivity index (χ4v) is 5.78. The number of aryl methyl sites for hydroxylation is 2. The summed E-state index contributed by atoms with van der Waals surface area (Å²) in [4.78, 5) is 24.3. The average molecular weight is 464 g/mol. The Morgan fingerprint density at radius 1 is 1.29 bits per heavy atom. The Morgan fingerprint density at radius 3 is 2.71 bits per heavy atom. The average Bonchev–Trinajstić information content (AvgIpc) is 3.26. The van der Waals surface area contributed by atoms with Crippen LogP contribution in [-0.4, -0.2) is 52.4 Å². The molecule has 3 amide bonds. The van der Waals surface area contributed by atoms with Crippen LogP contribution < -0.4 is 10.6 Å². The molecule has 1 aromatic heterocycles. The van der Waals surface area contributed by atoms with Gasteiger partial charge in [0.2, 0.25) is 5.91 Å². The molecule has 0 bridgehead atoms. The minimum atomic E-state index is -3.06. The van der Waals surface area contributed by atoms with E-state index in [9.17, 15) is 18.0 Å². The van der Waals surface area contributed by atoms with Gasteiger partial charge in [-0.05, 0) is 43.5 Å². The lowest BCUT2D eigenvalue weighted by Gasteiger charge is -2.11. The summed E-state index contributed by atoms with van der Waals surface area (Å²) < 4.78 is 25.4. The summed E-state index contributed by atoms with van der Waals surface area (Å²) in [7, 11) is -3.06. The molecule has 1 aliphatic rings. The lowest BCUT2D eigenvalue weighted by Crippen LogP contribution is -2.35. The van der Waals surface area contributed by atoms with Crippen molar-refractivity contribution >= 4 is 39.2 Å². The maximum Gasteiger partial charge on any atom is 0.325 e. The zero-order chi connectivity index (χ0) is 22.6. The van der Waals surface area contributed by atoms with Crippen LogP contribution in [0.25, 0.3) is 0 Å². The number of imide groups is 1. The maximum absolute atomic E-state index is 12.2. The highest BCUT2D eigenvalue weighted by atomic mass is 32.2. The predicted octanol–water partition coefficient (Wildman–Crippen LogP) is 2.42. The van der Waals surface area contributed by atoms with Crippen molar-refractivity contribution in [3.05, 3.63) is 47.8 Å². The molecular formula is C20H25N5O4S2. The first-order valence-corrected chi connectivity index (χ1v) is 12.5. The lowest BCUT2D eigenvalue weighted by molar-refractivity contribution is -0.117. The maximum atomic E-state index is 12.2. The third-order valence-electron chi connectivity index (χ3n) is 5.00. The lowest BCUT2D eigenvalue weighted by atomic mass is 10.1. The van der Waals surface area contributed by atoms with Gasteiger partial charge < -0.3 is 9.88 Å². The summed E-state index contributed by atoms with van der Waals surface area (Å²) in [6, 6.07) is 4.88. The molecule has 2 N–H and O–H groups in total. The Kier molecular flexibility index (Phi) is 7.16. The molecule has 9 nitrogen and oxygen atoms in total. The van der Waals surface area contributed by atoms with E-state index < -0.39 is 21.8 Å². The molecular weight excluding hydrogens is 438 g/mol. The number of thioether (sulfide) groups is 1. The van der Waals surface area contributed by atoms with Crippen molar-refractivity contribution in [1.29, 1.82) is 0 Å². The molecule has 11 heteroatoms. The van der Waals surface area contributed by atoms with Gasteiger partial charge in [-0.3, -0.25) is 10.1 Å². The predicted molar refractivity (Wildman–Crippen MR) is 120 cm³/mol. The van der Waals surface area contributed by atoms with E-state index in [2.05, 4.69) is 27.4 Å². The monoisotopic (exact) mass is 463 g/mol. The number of sulfone groups is 1. The summed E-state index contributed by atoms with van der Waals surface area (Å²) in [5, 5.41) is 13.7. The van der Waals surface area contributed by atoms with E-state index in [-0.39, 0.29) is 23.2 Å². The molecule has 31 heavy (non-hydrogen) atoms. The number of rotatable bonds is 7. The van der Waals surface area contributed by atoms with E-state index in [1.165, 1.54) is 0 Å². The van der Waals surface area contributed by atoms with Crippen LogP contribution >= 0.6 is 11.8 Å². The molecule has 1 unspecified atom stereocenters. The second kappa shape index (κ2) is 9.65. The fraction of sp³-hybridized carbons (Fsp3) is 0.400. The van der Waals surface area contributed by atoms with Crippen LogP contribution in [0.3, 0.4) is 0 Å². The van der Waals surface area contributed by atoms with Crippen LogP contribution in [0.4, 0.5) is 10.5 Å². The van der Waals surface area contributed by atoms with Crippen LogP contribution in [0.2, 0.25) is 0 Å². The Balaban J connectivity index is 1.58. The van der Waals surface area contributed by atoms with Gasteiger partial charge in [0.15, 0.2) is 15.0 Å². The molecule has 0 saturated carbocycles. The molecule has 1 atom stereocenters. The standard InChI is InChI=1S/C20H25N5O4S2/c1-4-8-25-18(15-7-9-31(28,29)12-15)23-24-20(25)30-11-17(26)22-19(27)21-16-6-5-13(2)14(3)10-16/h4-6,10,15H,1,7-9,11-12H2,2-3H3,(H2,21,22,26,27). The van der Waals surface area contributed by atoms with Gasteiger partial charge in [0, 0.05) is 18.2 Å². The van der Waals surface area contributed by atoms with Gasteiger partial charge in [0.05, 0.1) is 17.3 Å². The third kappa shape index (κ3) is 5.95. The fourth-order valence-electron chi connectivity index (χ4n) is 3.28. The first-order chi connectivity index (χ1) is 14.7. The van der Waals surface area contributed by atoms with Crippen LogP contribution in [0.15, 0.2) is 36.0 Å². The van der Waals surface area contributed by atoms with Gasteiger partial charge in [-0.15, -0.1) is 16.8 Å². The molecule has 1 fully saturated rings. The second-order valence-electron chi connectivity index (χ2n) is 7.43. The van der Waals surface area contributed by atoms with Gasteiger partial charge in [-0.2, -0.15) is 0 Å². The summed E-state index contributed by atoms with van der Waals surface area (Å²) in [5.41, 5.74) is 2.74. The van der Waals surface area contributed by atoms with E-state index in [0.717, 1.165) is 22.9 Å².